The highest BCUT2D eigenvalue weighted by Crippen LogP contribution is 2.27. The molecule has 126 valence electrons. The van der Waals surface area contributed by atoms with Crippen molar-refractivity contribution in [1.29, 1.82) is 0 Å². The zero-order valence-electron chi connectivity index (χ0n) is 13.5. The van der Waals surface area contributed by atoms with Gasteiger partial charge in [0.05, 0.1) is 5.75 Å². The maximum absolute atomic E-state index is 12.0. The van der Waals surface area contributed by atoms with E-state index < -0.39 is 0 Å². The number of hydrogen-bond donors (Lipinski definition) is 2. The van der Waals surface area contributed by atoms with Crippen molar-refractivity contribution < 1.29 is 9.90 Å². The summed E-state index contributed by atoms with van der Waals surface area (Å²) >= 11 is 1.36. The molecule has 24 heavy (non-hydrogen) atoms. The fourth-order valence-electron chi connectivity index (χ4n) is 2.90. The van der Waals surface area contributed by atoms with Crippen molar-refractivity contribution in [3.05, 3.63) is 54.6 Å². The summed E-state index contributed by atoms with van der Waals surface area (Å²) in [5, 5.41) is 12.7. The Labute approximate surface area is 146 Å². The van der Waals surface area contributed by atoms with Crippen LogP contribution in [0, 0.1) is 5.92 Å². The molecule has 1 aliphatic rings. The van der Waals surface area contributed by atoms with Crippen LogP contribution < -0.4 is 10.2 Å². The maximum atomic E-state index is 12.0. The SMILES string of the molecule is O=C(CSc1ccccc1O)NC[C@H]1CCN(c2ccccc2)C1. The van der Waals surface area contributed by atoms with E-state index in [0.717, 1.165) is 24.4 Å². The number of carbonyl (C=O) groups excluding carboxylic acids is 1. The molecule has 3 rings (SSSR count). The lowest BCUT2D eigenvalue weighted by Crippen LogP contribution is -2.32. The van der Waals surface area contributed by atoms with Gasteiger partial charge in [0.15, 0.2) is 0 Å². The molecule has 1 aliphatic heterocycles. The highest BCUT2D eigenvalue weighted by molar-refractivity contribution is 8.00. The lowest BCUT2D eigenvalue weighted by molar-refractivity contribution is -0.118. The second kappa shape index (κ2) is 8.11. The quantitative estimate of drug-likeness (QED) is 0.792. The average Bonchev–Trinajstić information content (AvgIpc) is 3.09. The first-order valence-electron chi connectivity index (χ1n) is 8.20. The Morgan fingerprint density at radius 3 is 2.71 bits per heavy atom. The second-order valence-corrected chi connectivity index (χ2v) is 7.01. The number of rotatable bonds is 6. The molecule has 2 N–H and O–H groups in total. The third-order valence-corrected chi connectivity index (χ3v) is 5.28. The van der Waals surface area contributed by atoms with Gasteiger partial charge in [-0.05, 0) is 36.6 Å². The number of hydrogen-bond acceptors (Lipinski definition) is 4. The van der Waals surface area contributed by atoms with E-state index in [9.17, 15) is 9.90 Å². The Balaban J connectivity index is 1.40. The predicted molar refractivity (Wildman–Crippen MR) is 98.6 cm³/mol. The van der Waals surface area contributed by atoms with Gasteiger partial charge < -0.3 is 15.3 Å². The minimum absolute atomic E-state index is 0.0152. The molecule has 0 aromatic heterocycles. The third kappa shape index (κ3) is 4.45. The summed E-state index contributed by atoms with van der Waals surface area (Å²) in [4.78, 5) is 15.1. The van der Waals surface area contributed by atoms with Crippen LogP contribution >= 0.6 is 11.8 Å². The van der Waals surface area contributed by atoms with Gasteiger partial charge in [-0.15, -0.1) is 11.8 Å². The van der Waals surface area contributed by atoms with Crippen molar-refractivity contribution in [3.8, 4) is 5.75 Å². The minimum Gasteiger partial charge on any atom is -0.507 e. The van der Waals surface area contributed by atoms with Crippen LogP contribution in [0.1, 0.15) is 6.42 Å². The average molecular weight is 342 g/mol. The zero-order valence-corrected chi connectivity index (χ0v) is 14.3. The zero-order chi connectivity index (χ0) is 16.8. The Bertz CT molecular complexity index is 678. The van der Waals surface area contributed by atoms with Crippen LogP contribution in [0.15, 0.2) is 59.5 Å². The van der Waals surface area contributed by atoms with Crippen molar-refractivity contribution in [2.24, 2.45) is 5.92 Å². The minimum atomic E-state index is 0.0152. The number of nitrogens with zero attached hydrogens (tertiary/aromatic N) is 1. The van der Waals surface area contributed by atoms with Crippen LogP contribution in [0.2, 0.25) is 0 Å². The lowest BCUT2D eigenvalue weighted by Gasteiger charge is -2.18. The molecule has 5 heteroatoms. The Morgan fingerprint density at radius 1 is 1.17 bits per heavy atom. The van der Waals surface area contributed by atoms with Gasteiger partial charge in [0.2, 0.25) is 5.91 Å². The molecular weight excluding hydrogens is 320 g/mol. The molecule has 1 heterocycles. The number of thioether (sulfide) groups is 1. The summed E-state index contributed by atoms with van der Waals surface area (Å²) in [6, 6.07) is 17.5. The summed E-state index contributed by atoms with van der Waals surface area (Å²) in [5.41, 5.74) is 1.25. The molecule has 2 aromatic carbocycles. The van der Waals surface area contributed by atoms with Gasteiger partial charge in [0.1, 0.15) is 5.75 Å². The van der Waals surface area contributed by atoms with Crippen molar-refractivity contribution in [1.82, 2.24) is 5.32 Å². The number of nitrogens with one attached hydrogen (secondary N) is 1. The van der Waals surface area contributed by atoms with E-state index in [1.165, 1.54) is 17.4 Å². The van der Waals surface area contributed by atoms with E-state index in [-0.39, 0.29) is 11.7 Å². The number of aromatic hydroxyl groups is 1. The summed E-state index contributed by atoms with van der Waals surface area (Å²) < 4.78 is 0. The number of amides is 1. The van der Waals surface area contributed by atoms with E-state index >= 15 is 0 Å². The molecule has 1 amide bonds. The summed E-state index contributed by atoms with van der Waals surface area (Å²) in [6.45, 7) is 2.73. The molecule has 0 unspecified atom stereocenters. The number of phenolic OH excluding ortho intramolecular Hbond substituents is 1. The van der Waals surface area contributed by atoms with Crippen LogP contribution in [0.3, 0.4) is 0 Å². The molecule has 0 spiro atoms. The molecule has 0 bridgehead atoms. The number of benzene rings is 2. The van der Waals surface area contributed by atoms with E-state index in [1.54, 1.807) is 12.1 Å². The monoisotopic (exact) mass is 342 g/mol. The predicted octanol–water partition coefficient (Wildman–Crippen LogP) is 3.13. The van der Waals surface area contributed by atoms with Gasteiger partial charge in [0.25, 0.3) is 0 Å². The molecule has 0 aliphatic carbocycles. The lowest BCUT2D eigenvalue weighted by atomic mass is 10.1. The fraction of sp³-hybridized carbons (Fsp3) is 0.316. The van der Waals surface area contributed by atoms with Gasteiger partial charge in [-0.25, -0.2) is 0 Å². The normalized spacial score (nSPS) is 17.0. The summed E-state index contributed by atoms with van der Waals surface area (Å²) in [5.74, 6) is 1.06. The number of anilines is 1. The van der Waals surface area contributed by atoms with E-state index in [1.807, 2.05) is 18.2 Å². The number of para-hydroxylation sites is 2. The molecule has 4 nitrogen and oxygen atoms in total. The molecule has 0 radical (unpaired) electrons. The third-order valence-electron chi connectivity index (χ3n) is 4.22. The standard InChI is InChI=1S/C19H22N2O2S/c22-17-8-4-5-9-18(17)24-14-19(23)20-12-15-10-11-21(13-15)16-6-2-1-3-7-16/h1-9,15,22H,10-14H2,(H,20,23)/t15-/m1/s1. The van der Waals surface area contributed by atoms with Gasteiger partial charge in [-0.3, -0.25) is 4.79 Å². The van der Waals surface area contributed by atoms with Crippen molar-refractivity contribution in [3.63, 3.8) is 0 Å². The van der Waals surface area contributed by atoms with Gasteiger partial charge in [-0.2, -0.15) is 0 Å². The molecule has 2 aromatic rings. The number of phenols is 1. The summed E-state index contributed by atoms with van der Waals surface area (Å²) in [6.07, 6.45) is 1.10. The molecule has 1 atom stereocenters. The first-order chi connectivity index (χ1) is 11.7. The molecule has 1 saturated heterocycles. The van der Waals surface area contributed by atoms with E-state index in [0.29, 0.717) is 18.2 Å². The smallest absolute Gasteiger partial charge is 0.230 e. The Kier molecular flexibility index (Phi) is 5.64. The van der Waals surface area contributed by atoms with Gasteiger partial charge >= 0.3 is 0 Å². The molecular formula is C19H22N2O2S. The van der Waals surface area contributed by atoms with Gasteiger partial charge in [0, 0.05) is 30.2 Å². The van der Waals surface area contributed by atoms with Crippen LogP contribution in [-0.2, 0) is 4.79 Å². The Morgan fingerprint density at radius 2 is 1.92 bits per heavy atom. The largest absolute Gasteiger partial charge is 0.507 e. The van der Waals surface area contributed by atoms with Crippen molar-refractivity contribution in [2.45, 2.75) is 11.3 Å². The Hall–Kier alpha value is -2.14. The number of carbonyl (C=O) groups is 1. The van der Waals surface area contributed by atoms with Gasteiger partial charge in [-0.1, -0.05) is 30.3 Å². The first kappa shape index (κ1) is 16.7. The van der Waals surface area contributed by atoms with Crippen molar-refractivity contribution in [2.75, 3.05) is 30.3 Å². The highest BCUT2D eigenvalue weighted by Gasteiger charge is 2.22. The first-order valence-corrected chi connectivity index (χ1v) is 9.18. The molecule has 0 saturated carbocycles. The van der Waals surface area contributed by atoms with Crippen LogP contribution in [0.25, 0.3) is 0 Å². The van der Waals surface area contributed by atoms with Crippen molar-refractivity contribution >= 4 is 23.4 Å². The topological polar surface area (TPSA) is 52.6 Å². The highest BCUT2D eigenvalue weighted by atomic mass is 32.2. The fourth-order valence-corrected chi connectivity index (χ4v) is 3.68. The van der Waals surface area contributed by atoms with Crippen LogP contribution in [-0.4, -0.2) is 36.4 Å². The van der Waals surface area contributed by atoms with Crippen LogP contribution in [0.5, 0.6) is 5.75 Å². The van der Waals surface area contributed by atoms with E-state index in [4.69, 9.17) is 0 Å². The van der Waals surface area contributed by atoms with Crippen LogP contribution in [0.4, 0.5) is 5.69 Å². The maximum Gasteiger partial charge on any atom is 0.230 e. The molecule has 1 fully saturated rings. The second-order valence-electron chi connectivity index (χ2n) is 6.00. The van der Waals surface area contributed by atoms with E-state index in [2.05, 4.69) is 34.5 Å². The summed E-state index contributed by atoms with van der Waals surface area (Å²) in [7, 11) is 0.